The van der Waals surface area contributed by atoms with Crippen LogP contribution in [0.3, 0.4) is 0 Å². The van der Waals surface area contributed by atoms with Crippen molar-refractivity contribution in [1.29, 1.82) is 0 Å². The molecule has 1 amide bonds. The Morgan fingerprint density at radius 1 is 0.935 bits per heavy atom. The van der Waals surface area contributed by atoms with Gasteiger partial charge in [-0.2, -0.15) is 0 Å². The van der Waals surface area contributed by atoms with Gasteiger partial charge in [-0.05, 0) is 62.2 Å². The molecule has 0 unspecified atom stereocenters. The predicted octanol–water partition coefficient (Wildman–Crippen LogP) is 5.99. The first kappa shape index (κ1) is 22.5. The van der Waals surface area contributed by atoms with Crippen LogP contribution in [0.2, 0.25) is 5.02 Å². The quantitative estimate of drug-likeness (QED) is 0.431. The molecule has 0 aliphatic rings. The van der Waals surface area contributed by atoms with Crippen LogP contribution in [0.5, 0.6) is 11.5 Å². The Morgan fingerprint density at radius 2 is 1.74 bits per heavy atom. The molecular weight excluding hydrogens is 412 g/mol. The van der Waals surface area contributed by atoms with Gasteiger partial charge >= 0.3 is 0 Å². The van der Waals surface area contributed by atoms with E-state index in [2.05, 4.69) is 10.6 Å². The average Bonchev–Trinajstić information content (AvgIpc) is 2.75. The molecule has 6 heteroatoms. The fourth-order valence-corrected chi connectivity index (χ4v) is 3.34. The SMILES string of the molecule is CCOc1cc(CNc2ccccc2Cl)ccc1OCC(=O)Nc1ccc(C)cc1C. The first-order valence-electron chi connectivity index (χ1n) is 10.2. The van der Waals surface area contributed by atoms with Crippen LogP contribution in [-0.2, 0) is 11.3 Å². The van der Waals surface area contributed by atoms with Gasteiger partial charge in [0.15, 0.2) is 18.1 Å². The van der Waals surface area contributed by atoms with E-state index in [4.69, 9.17) is 21.1 Å². The molecule has 0 aromatic heterocycles. The molecule has 0 saturated heterocycles. The Morgan fingerprint density at radius 3 is 2.48 bits per heavy atom. The molecule has 3 rings (SSSR count). The minimum absolute atomic E-state index is 0.107. The zero-order valence-electron chi connectivity index (χ0n) is 18.0. The van der Waals surface area contributed by atoms with Gasteiger partial charge in [0.2, 0.25) is 0 Å². The number of hydrogen-bond donors (Lipinski definition) is 2. The number of halogens is 1. The summed E-state index contributed by atoms with van der Waals surface area (Å²) < 4.78 is 11.5. The third-order valence-corrected chi connectivity index (χ3v) is 5.01. The molecule has 0 spiro atoms. The molecule has 0 radical (unpaired) electrons. The number of carbonyl (C=O) groups is 1. The zero-order chi connectivity index (χ0) is 22.2. The maximum absolute atomic E-state index is 12.4. The average molecular weight is 439 g/mol. The molecular formula is C25H27ClN2O3. The Labute approximate surface area is 188 Å². The van der Waals surface area contributed by atoms with Crippen LogP contribution in [0.1, 0.15) is 23.6 Å². The highest BCUT2D eigenvalue weighted by molar-refractivity contribution is 6.33. The minimum atomic E-state index is -0.223. The summed E-state index contributed by atoms with van der Waals surface area (Å²) in [5.74, 6) is 0.901. The monoisotopic (exact) mass is 438 g/mol. The number of carbonyl (C=O) groups excluding carboxylic acids is 1. The van der Waals surface area contributed by atoms with Gasteiger partial charge in [0.25, 0.3) is 5.91 Å². The van der Waals surface area contributed by atoms with Crippen molar-refractivity contribution in [3.05, 3.63) is 82.4 Å². The number of nitrogens with one attached hydrogen (secondary N) is 2. The van der Waals surface area contributed by atoms with Crippen molar-refractivity contribution >= 4 is 28.9 Å². The highest BCUT2D eigenvalue weighted by Crippen LogP contribution is 2.29. The van der Waals surface area contributed by atoms with Crippen molar-refractivity contribution in [3.63, 3.8) is 0 Å². The largest absolute Gasteiger partial charge is 0.490 e. The van der Waals surface area contributed by atoms with Crippen molar-refractivity contribution in [1.82, 2.24) is 0 Å². The van der Waals surface area contributed by atoms with Crippen LogP contribution in [0.25, 0.3) is 0 Å². The second-order valence-electron chi connectivity index (χ2n) is 7.20. The second-order valence-corrected chi connectivity index (χ2v) is 7.61. The third-order valence-electron chi connectivity index (χ3n) is 4.68. The number of aryl methyl sites for hydroxylation is 2. The van der Waals surface area contributed by atoms with E-state index in [1.165, 1.54) is 0 Å². The molecule has 0 aliphatic carbocycles. The normalized spacial score (nSPS) is 10.5. The van der Waals surface area contributed by atoms with Crippen LogP contribution in [0, 0.1) is 13.8 Å². The molecule has 0 bridgehead atoms. The summed E-state index contributed by atoms with van der Waals surface area (Å²) in [4.78, 5) is 12.4. The smallest absolute Gasteiger partial charge is 0.262 e. The second kappa shape index (κ2) is 10.7. The van der Waals surface area contributed by atoms with Gasteiger partial charge in [-0.3, -0.25) is 4.79 Å². The van der Waals surface area contributed by atoms with E-state index in [1.54, 1.807) is 0 Å². The van der Waals surface area contributed by atoms with Gasteiger partial charge in [-0.1, -0.05) is 47.5 Å². The lowest BCUT2D eigenvalue weighted by atomic mass is 10.1. The van der Waals surface area contributed by atoms with Gasteiger partial charge in [0.05, 0.1) is 17.3 Å². The van der Waals surface area contributed by atoms with E-state index in [-0.39, 0.29) is 12.5 Å². The van der Waals surface area contributed by atoms with Crippen LogP contribution in [0.15, 0.2) is 60.7 Å². The summed E-state index contributed by atoms with van der Waals surface area (Å²) >= 11 is 6.20. The van der Waals surface area contributed by atoms with Crippen LogP contribution < -0.4 is 20.1 Å². The molecule has 0 saturated carbocycles. The van der Waals surface area contributed by atoms with Crippen molar-refractivity contribution < 1.29 is 14.3 Å². The topological polar surface area (TPSA) is 59.6 Å². The highest BCUT2D eigenvalue weighted by atomic mass is 35.5. The number of benzene rings is 3. The van der Waals surface area contributed by atoms with E-state index < -0.39 is 0 Å². The summed E-state index contributed by atoms with van der Waals surface area (Å²) in [7, 11) is 0. The lowest BCUT2D eigenvalue weighted by Gasteiger charge is -2.15. The Balaban J connectivity index is 1.62. The van der Waals surface area contributed by atoms with Crippen LogP contribution >= 0.6 is 11.6 Å². The zero-order valence-corrected chi connectivity index (χ0v) is 18.8. The molecule has 31 heavy (non-hydrogen) atoms. The lowest BCUT2D eigenvalue weighted by Crippen LogP contribution is -2.21. The van der Waals surface area contributed by atoms with Crippen LogP contribution in [0.4, 0.5) is 11.4 Å². The Bertz CT molecular complexity index is 1050. The third kappa shape index (κ3) is 6.40. The first-order valence-corrected chi connectivity index (χ1v) is 10.6. The van der Waals surface area contributed by atoms with E-state index in [9.17, 15) is 4.79 Å². The maximum atomic E-state index is 12.4. The van der Waals surface area contributed by atoms with Gasteiger partial charge in [0.1, 0.15) is 0 Å². The summed E-state index contributed by atoms with van der Waals surface area (Å²) in [6.07, 6.45) is 0. The van der Waals surface area contributed by atoms with Crippen molar-refractivity contribution in [3.8, 4) is 11.5 Å². The summed E-state index contributed by atoms with van der Waals surface area (Å²) in [6.45, 7) is 6.86. The lowest BCUT2D eigenvalue weighted by molar-refractivity contribution is -0.118. The molecule has 0 atom stereocenters. The molecule has 0 aliphatic heterocycles. The molecule has 3 aromatic carbocycles. The van der Waals surface area contributed by atoms with Gasteiger partial charge in [-0.25, -0.2) is 0 Å². The summed E-state index contributed by atoms with van der Waals surface area (Å²) in [5.41, 5.74) is 4.82. The number of ether oxygens (including phenoxy) is 2. The summed E-state index contributed by atoms with van der Waals surface area (Å²) in [6, 6.07) is 19.1. The van der Waals surface area contributed by atoms with E-state index in [0.717, 1.165) is 28.1 Å². The van der Waals surface area contributed by atoms with Crippen molar-refractivity contribution in [2.24, 2.45) is 0 Å². The van der Waals surface area contributed by atoms with E-state index in [0.29, 0.717) is 29.7 Å². The number of anilines is 2. The van der Waals surface area contributed by atoms with E-state index in [1.807, 2.05) is 81.4 Å². The molecule has 2 N–H and O–H groups in total. The molecule has 0 fully saturated rings. The molecule has 5 nitrogen and oxygen atoms in total. The van der Waals surface area contributed by atoms with Gasteiger partial charge in [-0.15, -0.1) is 0 Å². The predicted molar refractivity (Wildman–Crippen MR) is 126 cm³/mol. The number of amides is 1. The van der Waals surface area contributed by atoms with Gasteiger partial charge < -0.3 is 20.1 Å². The first-order chi connectivity index (χ1) is 15.0. The fourth-order valence-electron chi connectivity index (χ4n) is 3.14. The maximum Gasteiger partial charge on any atom is 0.262 e. The minimum Gasteiger partial charge on any atom is -0.490 e. The number of rotatable bonds is 9. The highest BCUT2D eigenvalue weighted by Gasteiger charge is 2.11. The summed E-state index contributed by atoms with van der Waals surface area (Å²) in [5, 5.41) is 6.87. The Kier molecular flexibility index (Phi) is 7.79. The number of para-hydroxylation sites is 1. The molecule has 3 aromatic rings. The van der Waals surface area contributed by atoms with Gasteiger partial charge in [0, 0.05) is 12.2 Å². The fraction of sp³-hybridized carbons (Fsp3) is 0.240. The van der Waals surface area contributed by atoms with E-state index >= 15 is 0 Å². The Hall–Kier alpha value is -3.18. The van der Waals surface area contributed by atoms with Crippen molar-refractivity contribution in [2.45, 2.75) is 27.3 Å². The van der Waals surface area contributed by atoms with Crippen LogP contribution in [-0.4, -0.2) is 19.1 Å². The molecule has 0 heterocycles. The number of hydrogen-bond acceptors (Lipinski definition) is 4. The standard InChI is InChI=1S/C25H27ClN2O3/c1-4-30-24-14-19(15-27-22-8-6-5-7-20(22)26)10-12-23(24)31-16-25(29)28-21-11-9-17(2)13-18(21)3/h5-14,27H,4,15-16H2,1-3H3,(H,28,29). The molecule has 162 valence electrons. The van der Waals surface area contributed by atoms with Crippen molar-refractivity contribution in [2.75, 3.05) is 23.8 Å².